The zero-order chi connectivity index (χ0) is 11.5. The molecule has 1 aromatic carbocycles. The molecule has 0 amide bonds. The third kappa shape index (κ3) is 3.65. The number of nitrogens with two attached hydrogens (primary N) is 1. The molecule has 1 nitrogen and oxygen atoms in total. The summed E-state index contributed by atoms with van der Waals surface area (Å²) in [6.07, 6.45) is 6.09. The lowest BCUT2D eigenvalue weighted by atomic mass is 10.0. The van der Waals surface area contributed by atoms with Crippen LogP contribution in [0.5, 0.6) is 0 Å². The van der Waals surface area contributed by atoms with Crippen molar-refractivity contribution in [2.24, 2.45) is 11.7 Å². The van der Waals surface area contributed by atoms with Gasteiger partial charge in [-0.1, -0.05) is 42.1 Å². The Balaban J connectivity index is 1.84. The summed E-state index contributed by atoms with van der Waals surface area (Å²) in [6.45, 7) is 0. The van der Waals surface area contributed by atoms with Gasteiger partial charge in [-0.15, -0.1) is 0 Å². The third-order valence-electron chi connectivity index (χ3n) is 3.12. The first-order chi connectivity index (χ1) is 7.65. The third-order valence-corrected chi connectivity index (χ3v) is 3.86. The van der Waals surface area contributed by atoms with Crippen LogP contribution in [0.25, 0.3) is 0 Å². The van der Waals surface area contributed by atoms with Gasteiger partial charge in [0.1, 0.15) is 0 Å². The Morgan fingerprint density at radius 2 is 2.00 bits per heavy atom. The van der Waals surface area contributed by atoms with E-state index >= 15 is 0 Å². The summed E-state index contributed by atoms with van der Waals surface area (Å²) in [4.78, 5) is 0. The van der Waals surface area contributed by atoms with Crippen molar-refractivity contribution in [3.05, 3.63) is 33.8 Å². The second-order valence-electron chi connectivity index (χ2n) is 4.73. The lowest BCUT2D eigenvalue weighted by molar-refractivity contribution is 0.551. The van der Waals surface area contributed by atoms with Gasteiger partial charge in [0.15, 0.2) is 0 Å². The first kappa shape index (κ1) is 12.2. The van der Waals surface area contributed by atoms with Crippen LogP contribution in [0, 0.1) is 5.92 Å². The molecule has 0 aromatic heterocycles. The molecule has 0 heterocycles. The molecule has 0 bridgehead atoms. The van der Waals surface area contributed by atoms with Crippen LogP contribution in [-0.2, 0) is 6.42 Å². The van der Waals surface area contributed by atoms with Crippen molar-refractivity contribution in [2.75, 3.05) is 0 Å². The van der Waals surface area contributed by atoms with E-state index in [9.17, 15) is 0 Å². The van der Waals surface area contributed by atoms with E-state index in [4.69, 9.17) is 28.9 Å². The maximum atomic E-state index is 6.09. The minimum atomic E-state index is 0.248. The molecule has 1 saturated carbocycles. The number of hydrogen-bond acceptors (Lipinski definition) is 1. The molecular weight excluding hydrogens is 241 g/mol. The molecule has 2 rings (SSSR count). The van der Waals surface area contributed by atoms with Gasteiger partial charge < -0.3 is 5.73 Å². The average molecular weight is 258 g/mol. The maximum absolute atomic E-state index is 6.09. The van der Waals surface area contributed by atoms with Crippen molar-refractivity contribution in [1.82, 2.24) is 0 Å². The van der Waals surface area contributed by atoms with Gasteiger partial charge >= 0.3 is 0 Å². The molecule has 3 heteroatoms. The number of benzene rings is 1. The normalized spacial score (nSPS) is 17.4. The number of rotatable bonds is 5. The van der Waals surface area contributed by atoms with Gasteiger partial charge in [0, 0.05) is 6.04 Å². The van der Waals surface area contributed by atoms with E-state index in [1.807, 2.05) is 18.2 Å². The Morgan fingerprint density at radius 1 is 1.25 bits per heavy atom. The lowest BCUT2D eigenvalue weighted by Crippen LogP contribution is -2.22. The highest BCUT2D eigenvalue weighted by Crippen LogP contribution is 2.34. The van der Waals surface area contributed by atoms with Crippen molar-refractivity contribution in [2.45, 2.75) is 38.1 Å². The summed E-state index contributed by atoms with van der Waals surface area (Å²) in [6, 6.07) is 6.01. The summed E-state index contributed by atoms with van der Waals surface area (Å²) in [5.41, 5.74) is 7.27. The van der Waals surface area contributed by atoms with Gasteiger partial charge in [-0.25, -0.2) is 0 Å². The van der Waals surface area contributed by atoms with E-state index in [0.29, 0.717) is 10.0 Å². The SMILES string of the molecule is NC(CCC1CC1)Cc1ccc(Cl)c(Cl)c1. The largest absolute Gasteiger partial charge is 0.327 e. The number of halogens is 2. The van der Waals surface area contributed by atoms with Gasteiger partial charge in [0.05, 0.1) is 10.0 Å². The zero-order valence-electron chi connectivity index (χ0n) is 9.26. The Bertz CT molecular complexity index is 361. The molecule has 1 aliphatic rings. The van der Waals surface area contributed by atoms with E-state index in [0.717, 1.165) is 18.8 Å². The van der Waals surface area contributed by atoms with E-state index in [-0.39, 0.29) is 6.04 Å². The van der Waals surface area contributed by atoms with Crippen LogP contribution in [0.1, 0.15) is 31.2 Å². The Labute approximate surface area is 107 Å². The molecule has 88 valence electrons. The van der Waals surface area contributed by atoms with Crippen LogP contribution < -0.4 is 5.73 Å². The quantitative estimate of drug-likeness (QED) is 0.847. The van der Waals surface area contributed by atoms with Crippen LogP contribution in [0.4, 0.5) is 0 Å². The van der Waals surface area contributed by atoms with Crippen LogP contribution in [0.2, 0.25) is 10.0 Å². The molecule has 1 unspecified atom stereocenters. The summed E-state index contributed by atoms with van der Waals surface area (Å²) >= 11 is 11.8. The molecule has 1 aliphatic carbocycles. The Kier molecular flexibility index (Phi) is 4.12. The molecule has 1 atom stereocenters. The Hall–Kier alpha value is -0.240. The summed E-state index contributed by atoms with van der Waals surface area (Å²) in [5.74, 6) is 0.958. The summed E-state index contributed by atoms with van der Waals surface area (Å²) in [7, 11) is 0. The van der Waals surface area contributed by atoms with E-state index in [1.165, 1.54) is 24.8 Å². The first-order valence-corrected chi connectivity index (χ1v) is 6.60. The molecule has 1 fully saturated rings. The second-order valence-corrected chi connectivity index (χ2v) is 5.55. The topological polar surface area (TPSA) is 26.0 Å². The molecule has 0 spiro atoms. The first-order valence-electron chi connectivity index (χ1n) is 5.84. The molecule has 1 aromatic rings. The van der Waals surface area contributed by atoms with Gasteiger partial charge in [-0.3, -0.25) is 0 Å². The van der Waals surface area contributed by atoms with Crippen LogP contribution in [0.15, 0.2) is 18.2 Å². The van der Waals surface area contributed by atoms with E-state index in [2.05, 4.69) is 0 Å². The van der Waals surface area contributed by atoms with Crippen molar-refractivity contribution < 1.29 is 0 Å². The van der Waals surface area contributed by atoms with Gasteiger partial charge in [-0.2, -0.15) is 0 Å². The number of hydrogen-bond donors (Lipinski definition) is 1. The molecule has 0 saturated heterocycles. The minimum absolute atomic E-state index is 0.248. The van der Waals surface area contributed by atoms with Crippen LogP contribution in [-0.4, -0.2) is 6.04 Å². The minimum Gasteiger partial charge on any atom is -0.327 e. The van der Waals surface area contributed by atoms with Gasteiger partial charge in [-0.05, 0) is 42.9 Å². The van der Waals surface area contributed by atoms with Gasteiger partial charge in [0.2, 0.25) is 0 Å². The zero-order valence-corrected chi connectivity index (χ0v) is 10.8. The highest BCUT2D eigenvalue weighted by atomic mass is 35.5. The lowest BCUT2D eigenvalue weighted by Gasteiger charge is -2.11. The van der Waals surface area contributed by atoms with Crippen LogP contribution >= 0.6 is 23.2 Å². The molecule has 2 N–H and O–H groups in total. The molecule has 0 radical (unpaired) electrons. The predicted molar refractivity (Wildman–Crippen MR) is 70.1 cm³/mol. The summed E-state index contributed by atoms with van der Waals surface area (Å²) in [5, 5.41) is 1.23. The average Bonchev–Trinajstić information content (AvgIpc) is 3.04. The standard InChI is InChI=1S/C13H17Cl2N/c14-12-6-4-10(8-13(12)15)7-11(16)5-3-9-1-2-9/h4,6,8-9,11H,1-3,5,7,16H2. The van der Waals surface area contributed by atoms with Crippen molar-refractivity contribution >= 4 is 23.2 Å². The Morgan fingerprint density at radius 3 is 2.62 bits per heavy atom. The monoisotopic (exact) mass is 257 g/mol. The van der Waals surface area contributed by atoms with Crippen molar-refractivity contribution in [3.63, 3.8) is 0 Å². The molecular formula is C13H17Cl2N. The van der Waals surface area contributed by atoms with E-state index in [1.54, 1.807) is 0 Å². The smallest absolute Gasteiger partial charge is 0.0595 e. The second kappa shape index (κ2) is 5.39. The van der Waals surface area contributed by atoms with Crippen molar-refractivity contribution in [1.29, 1.82) is 0 Å². The van der Waals surface area contributed by atoms with Crippen molar-refractivity contribution in [3.8, 4) is 0 Å². The highest BCUT2D eigenvalue weighted by Gasteiger charge is 2.21. The fraction of sp³-hybridized carbons (Fsp3) is 0.538. The fourth-order valence-electron chi connectivity index (χ4n) is 1.93. The fourth-order valence-corrected chi connectivity index (χ4v) is 2.25. The highest BCUT2D eigenvalue weighted by molar-refractivity contribution is 6.42. The predicted octanol–water partition coefficient (Wildman–Crippen LogP) is 4.05. The van der Waals surface area contributed by atoms with Gasteiger partial charge in [0.25, 0.3) is 0 Å². The maximum Gasteiger partial charge on any atom is 0.0595 e. The molecule has 16 heavy (non-hydrogen) atoms. The molecule has 0 aliphatic heterocycles. The van der Waals surface area contributed by atoms with Crippen LogP contribution in [0.3, 0.4) is 0 Å². The van der Waals surface area contributed by atoms with E-state index < -0.39 is 0 Å². The summed E-state index contributed by atoms with van der Waals surface area (Å²) < 4.78 is 0.